The number of halogens is 1. The Hall–Kier alpha value is -3.32. The first-order chi connectivity index (χ1) is 18.2. The van der Waals surface area contributed by atoms with Crippen LogP contribution in [0.1, 0.15) is 54.9 Å². The van der Waals surface area contributed by atoms with Crippen LogP contribution in [0.25, 0.3) is 0 Å². The van der Waals surface area contributed by atoms with E-state index in [2.05, 4.69) is 19.0 Å². The standard InChI is InChI=1S/C30H36ClN3O4/c1-22(2)15-25-17-27(38-32-25)29(36)34-14-8-13-30(20-34,21-37-26-12-7-11-24(31)16-26)18-28(35)33(3)19-23-9-5-4-6-10-23/h4-7,9-12,16-17,22H,8,13-15,18-21H2,1-3H3/t30-/m1/s1. The fourth-order valence-corrected chi connectivity index (χ4v) is 5.15. The molecule has 202 valence electrons. The minimum atomic E-state index is -0.557. The molecule has 0 unspecified atom stereocenters. The predicted octanol–water partition coefficient (Wildman–Crippen LogP) is 5.88. The Bertz CT molecular complexity index is 1230. The Balaban J connectivity index is 1.51. The van der Waals surface area contributed by atoms with Gasteiger partial charge in [-0.3, -0.25) is 9.59 Å². The average Bonchev–Trinajstić information content (AvgIpc) is 3.35. The van der Waals surface area contributed by atoms with Crippen LogP contribution >= 0.6 is 11.6 Å². The molecule has 1 fully saturated rings. The van der Waals surface area contributed by atoms with Crippen LogP contribution in [-0.4, -0.2) is 53.5 Å². The summed E-state index contributed by atoms with van der Waals surface area (Å²) >= 11 is 6.16. The Morgan fingerprint density at radius 1 is 1.16 bits per heavy atom. The van der Waals surface area contributed by atoms with E-state index in [4.69, 9.17) is 20.9 Å². The Morgan fingerprint density at radius 2 is 1.95 bits per heavy atom. The number of nitrogens with zero attached hydrogens (tertiary/aromatic N) is 3. The van der Waals surface area contributed by atoms with Crippen LogP contribution in [0.15, 0.2) is 65.2 Å². The number of aromatic nitrogens is 1. The molecule has 1 aromatic heterocycles. The van der Waals surface area contributed by atoms with Crippen LogP contribution in [0.3, 0.4) is 0 Å². The van der Waals surface area contributed by atoms with Gasteiger partial charge >= 0.3 is 0 Å². The molecule has 7 nitrogen and oxygen atoms in total. The highest BCUT2D eigenvalue weighted by Crippen LogP contribution is 2.36. The van der Waals surface area contributed by atoms with Crippen molar-refractivity contribution in [1.29, 1.82) is 0 Å². The highest BCUT2D eigenvalue weighted by atomic mass is 35.5. The Kier molecular flexibility index (Phi) is 9.10. The lowest BCUT2D eigenvalue weighted by Crippen LogP contribution is -2.50. The molecule has 38 heavy (non-hydrogen) atoms. The van der Waals surface area contributed by atoms with Crippen molar-refractivity contribution in [1.82, 2.24) is 15.0 Å². The molecule has 2 amide bonds. The summed E-state index contributed by atoms with van der Waals surface area (Å²) in [6, 6.07) is 18.9. The van der Waals surface area contributed by atoms with Crippen molar-refractivity contribution in [2.24, 2.45) is 11.3 Å². The van der Waals surface area contributed by atoms with Gasteiger partial charge in [-0.2, -0.15) is 0 Å². The normalized spacial score (nSPS) is 17.4. The monoisotopic (exact) mass is 537 g/mol. The fourth-order valence-electron chi connectivity index (χ4n) is 4.97. The van der Waals surface area contributed by atoms with Gasteiger partial charge in [0.25, 0.3) is 5.91 Å². The molecule has 0 aliphatic carbocycles. The second-order valence-electron chi connectivity index (χ2n) is 10.8. The SMILES string of the molecule is CC(C)Cc1cc(C(=O)N2CCC[C@@](COc3cccc(Cl)c3)(CC(=O)N(C)Cc3ccccc3)C2)on1. The molecule has 2 heterocycles. The Labute approximate surface area is 229 Å². The van der Waals surface area contributed by atoms with E-state index in [9.17, 15) is 9.59 Å². The van der Waals surface area contributed by atoms with Crippen LogP contribution < -0.4 is 4.74 Å². The number of rotatable bonds is 10. The minimum Gasteiger partial charge on any atom is -0.493 e. The molecule has 2 aromatic carbocycles. The Morgan fingerprint density at radius 3 is 2.68 bits per heavy atom. The summed E-state index contributed by atoms with van der Waals surface area (Å²) in [7, 11) is 1.82. The van der Waals surface area contributed by atoms with Gasteiger partial charge in [-0.15, -0.1) is 0 Å². The molecular formula is C30H36ClN3O4. The van der Waals surface area contributed by atoms with Crippen molar-refractivity contribution in [3.05, 3.63) is 82.7 Å². The first-order valence-electron chi connectivity index (χ1n) is 13.1. The maximum absolute atomic E-state index is 13.5. The number of ether oxygens (including phenoxy) is 1. The third-order valence-corrected chi connectivity index (χ3v) is 7.13. The molecule has 8 heteroatoms. The third kappa shape index (κ3) is 7.38. The summed E-state index contributed by atoms with van der Waals surface area (Å²) in [6.07, 6.45) is 2.52. The van der Waals surface area contributed by atoms with Crippen molar-refractivity contribution in [3.8, 4) is 5.75 Å². The summed E-state index contributed by atoms with van der Waals surface area (Å²) in [5.74, 6) is 1.09. The molecular weight excluding hydrogens is 502 g/mol. The van der Waals surface area contributed by atoms with E-state index in [1.165, 1.54) is 0 Å². The first kappa shape index (κ1) is 27.7. The topological polar surface area (TPSA) is 75.9 Å². The molecule has 4 rings (SSSR count). The van der Waals surface area contributed by atoms with Crippen molar-refractivity contribution >= 4 is 23.4 Å². The third-order valence-electron chi connectivity index (χ3n) is 6.89. The second kappa shape index (κ2) is 12.5. The van der Waals surface area contributed by atoms with E-state index in [0.29, 0.717) is 36.3 Å². The van der Waals surface area contributed by atoms with Gasteiger partial charge in [-0.25, -0.2) is 0 Å². The van der Waals surface area contributed by atoms with E-state index < -0.39 is 5.41 Å². The van der Waals surface area contributed by atoms with E-state index in [-0.39, 0.29) is 30.6 Å². The highest BCUT2D eigenvalue weighted by molar-refractivity contribution is 6.30. The molecule has 0 spiro atoms. The lowest BCUT2D eigenvalue weighted by Gasteiger charge is -2.42. The zero-order chi connectivity index (χ0) is 27.1. The highest BCUT2D eigenvalue weighted by Gasteiger charge is 2.41. The minimum absolute atomic E-state index is 0.0109. The lowest BCUT2D eigenvalue weighted by atomic mass is 9.77. The molecule has 3 aromatic rings. The van der Waals surface area contributed by atoms with Crippen molar-refractivity contribution < 1.29 is 18.8 Å². The largest absolute Gasteiger partial charge is 0.493 e. The second-order valence-corrected chi connectivity index (χ2v) is 11.2. The maximum Gasteiger partial charge on any atom is 0.292 e. The zero-order valence-electron chi connectivity index (χ0n) is 22.4. The average molecular weight is 538 g/mol. The number of hydrogen-bond acceptors (Lipinski definition) is 5. The molecule has 1 aliphatic heterocycles. The molecule has 0 bridgehead atoms. The van der Waals surface area contributed by atoms with Gasteiger partial charge in [0.05, 0.1) is 12.3 Å². The van der Waals surface area contributed by atoms with E-state index in [1.807, 2.05) is 49.5 Å². The van der Waals surface area contributed by atoms with E-state index >= 15 is 0 Å². The van der Waals surface area contributed by atoms with Crippen molar-refractivity contribution in [2.45, 2.75) is 46.1 Å². The molecule has 0 radical (unpaired) electrons. The molecule has 0 N–H and O–H groups in total. The van der Waals surface area contributed by atoms with Gasteiger partial charge in [0.1, 0.15) is 5.75 Å². The number of carbonyl (C=O) groups excluding carboxylic acids is 2. The number of amides is 2. The molecule has 1 aliphatic rings. The van der Waals surface area contributed by atoms with Gasteiger partial charge in [-0.05, 0) is 48.9 Å². The smallest absolute Gasteiger partial charge is 0.292 e. The quantitative estimate of drug-likeness (QED) is 0.323. The number of carbonyl (C=O) groups is 2. The van der Waals surface area contributed by atoms with Gasteiger partial charge in [-0.1, -0.05) is 67.0 Å². The zero-order valence-corrected chi connectivity index (χ0v) is 23.1. The maximum atomic E-state index is 13.5. The van der Waals surface area contributed by atoms with Crippen LogP contribution in [0.4, 0.5) is 0 Å². The predicted molar refractivity (Wildman–Crippen MR) is 147 cm³/mol. The summed E-state index contributed by atoms with van der Waals surface area (Å²) in [5.41, 5.74) is 1.28. The van der Waals surface area contributed by atoms with Gasteiger partial charge in [0.2, 0.25) is 11.7 Å². The lowest BCUT2D eigenvalue weighted by molar-refractivity contribution is -0.134. The fraction of sp³-hybridized carbons (Fsp3) is 0.433. The molecule has 0 saturated carbocycles. The van der Waals surface area contributed by atoms with Crippen LogP contribution in [-0.2, 0) is 17.8 Å². The first-order valence-corrected chi connectivity index (χ1v) is 13.5. The van der Waals surface area contributed by atoms with Crippen LogP contribution in [0.5, 0.6) is 5.75 Å². The number of hydrogen-bond donors (Lipinski definition) is 0. The summed E-state index contributed by atoms with van der Waals surface area (Å²) in [5, 5.41) is 4.67. The van der Waals surface area contributed by atoms with Crippen molar-refractivity contribution in [2.75, 3.05) is 26.7 Å². The summed E-state index contributed by atoms with van der Waals surface area (Å²) in [6.45, 7) is 5.98. The number of likely N-dealkylation sites (tertiary alicyclic amines) is 1. The molecule has 1 atom stereocenters. The molecule has 1 saturated heterocycles. The summed E-state index contributed by atoms with van der Waals surface area (Å²) < 4.78 is 11.6. The summed E-state index contributed by atoms with van der Waals surface area (Å²) in [4.78, 5) is 30.4. The number of piperidine rings is 1. The van der Waals surface area contributed by atoms with E-state index in [0.717, 1.165) is 30.5 Å². The van der Waals surface area contributed by atoms with Gasteiger partial charge in [0, 0.05) is 49.6 Å². The van der Waals surface area contributed by atoms with Crippen molar-refractivity contribution in [3.63, 3.8) is 0 Å². The number of benzene rings is 2. The van der Waals surface area contributed by atoms with Crippen LogP contribution in [0.2, 0.25) is 5.02 Å². The van der Waals surface area contributed by atoms with Gasteiger partial charge in [0.15, 0.2) is 0 Å². The van der Waals surface area contributed by atoms with Crippen LogP contribution in [0, 0.1) is 11.3 Å². The van der Waals surface area contributed by atoms with Gasteiger partial charge < -0.3 is 19.1 Å². The van der Waals surface area contributed by atoms with E-state index in [1.54, 1.807) is 28.0 Å².